The molecule has 0 saturated carbocycles. The summed E-state index contributed by atoms with van der Waals surface area (Å²) >= 11 is 1.54. The minimum absolute atomic E-state index is 0.104. The molecule has 8 heteroatoms. The molecule has 5 nitrogen and oxygen atoms in total. The van der Waals surface area contributed by atoms with Gasteiger partial charge in [-0.3, -0.25) is 14.7 Å². The average molecular weight is 436 g/mol. The molecule has 156 valence electrons. The molecule has 0 aliphatic carbocycles. The zero-order chi connectivity index (χ0) is 21.4. The summed E-state index contributed by atoms with van der Waals surface area (Å²) in [7, 11) is 0. The Bertz CT molecular complexity index is 1290. The number of aromatic amines is 1. The molecule has 4 heterocycles. The fourth-order valence-corrected chi connectivity index (χ4v) is 4.44. The molecule has 0 radical (unpaired) electrons. The number of pyridine rings is 1. The van der Waals surface area contributed by atoms with E-state index in [0.717, 1.165) is 40.9 Å². The highest BCUT2D eigenvalue weighted by molar-refractivity contribution is 7.13. The first-order valence-corrected chi connectivity index (χ1v) is 10.7. The molecule has 31 heavy (non-hydrogen) atoms. The van der Waals surface area contributed by atoms with Crippen LogP contribution in [0.4, 0.5) is 8.78 Å². The second kappa shape index (κ2) is 8.13. The van der Waals surface area contributed by atoms with Crippen molar-refractivity contribution in [1.82, 2.24) is 19.9 Å². The third-order valence-corrected chi connectivity index (χ3v) is 6.21. The van der Waals surface area contributed by atoms with E-state index in [-0.39, 0.29) is 11.1 Å². The second-order valence-corrected chi connectivity index (χ2v) is 8.40. The fraction of sp³-hybridized carbons (Fsp3) is 0.174. The van der Waals surface area contributed by atoms with Crippen LogP contribution in [0.5, 0.6) is 0 Å². The van der Waals surface area contributed by atoms with Gasteiger partial charge in [0, 0.05) is 37.8 Å². The van der Waals surface area contributed by atoms with E-state index in [0.29, 0.717) is 36.6 Å². The Kier molecular flexibility index (Phi) is 5.17. The number of hydrogen-bond acceptors (Lipinski definition) is 5. The van der Waals surface area contributed by atoms with Gasteiger partial charge in [-0.15, -0.1) is 11.3 Å². The molecule has 1 aliphatic heterocycles. The van der Waals surface area contributed by atoms with E-state index in [9.17, 15) is 13.6 Å². The smallest absolute Gasteiger partial charge is 0.255 e. The molecule has 3 aromatic heterocycles. The number of hydrogen-bond donors (Lipinski definition) is 1. The lowest BCUT2D eigenvalue weighted by Gasteiger charge is -2.27. The number of H-pyrrole nitrogens is 1. The minimum atomic E-state index is -0.511. The van der Waals surface area contributed by atoms with Crippen molar-refractivity contribution in [3.8, 4) is 22.0 Å². The van der Waals surface area contributed by atoms with Crippen molar-refractivity contribution in [2.45, 2.75) is 19.5 Å². The number of benzene rings is 1. The maximum absolute atomic E-state index is 14.0. The molecule has 0 atom stereocenters. The van der Waals surface area contributed by atoms with E-state index in [2.05, 4.69) is 19.9 Å². The first-order chi connectivity index (χ1) is 15.1. The van der Waals surface area contributed by atoms with Crippen molar-refractivity contribution < 1.29 is 8.78 Å². The van der Waals surface area contributed by atoms with E-state index in [1.165, 1.54) is 0 Å². The number of fused-ring (bicyclic) bond motifs is 1. The molecule has 0 bridgehead atoms. The predicted molar refractivity (Wildman–Crippen MR) is 116 cm³/mol. The van der Waals surface area contributed by atoms with Gasteiger partial charge in [-0.2, -0.15) is 0 Å². The first kappa shape index (κ1) is 19.7. The monoisotopic (exact) mass is 436 g/mol. The lowest BCUT2D eigenvalue weighted by molar-refractivity contribution is 0.241. The van der Waals surface area contributed by atoms with Gasteiger partial charge in [0.05, 0.1) is 21.8 Å². The normalized spacial score (nSPS) is 13.9. The Hall–Kier alpha value is -3.23. The van der Waals surface area contributed by atoms with Crippen LogP contribution in [0.3, 0.4) is 0 Å². The summed E-state index contributed by atoms with van der Waals surface area (Å²) in [6, 6.07) is 10.7. The molecule has 0 saturated heterocycles. The summed E-state index contributed by atoms with van der Waals surface area (Å²) in [4.78, 5) is 27.6. The summed E-state index contributed by atoms with van der Waals surface area (Å²) in [6.07, 6.45) is 2.36. The van der Waals surface area contributed by atoms with Crippen molar-refractivity contribution in [1.29, 1.82) is 0 Å². The van der Waals surface area contributed by atoms with Crippen molar-refractivity contribution >= 4 is 11.3 Å². The fourth-order valence-electron chi connectivity index (χ4n) is 3.78. The number of aromatic nitrogens is 3. The molecule has 0 amide bonds. The van der Waals surface area contributed by atoms with Crippen LogP contribution in [0.1, 0.15) is 16.8 Å². The van der Waals surface area contributed by atoms with E-state index in [1.54, 1.807) is 23.6 Å². The van der Waals surface area contributed by atoms with Crippen LogP contribution in [-0.4, -0.2) is 26.4 Å². The van der Waals surface area contributed by atoms with E-state index in [1.807, 2.05) is 23.6 Å². The van der Waals surface area contributed by atoms with Crippen molar-refractivity contribution in [2.24, 2.45) is 0 Å². The van der Waals surface area contributed by atoms with Crippen LogP contribution < -0.4 is 5.56 Å². The topological polar surface area (TPSA) is 61.9 Å². The van der Waals surface area contributed by atoms with Gasteiger partial charge >= 0.3 is 0 Å². The van der Waals surface area contributed by atoms with Gasteiger partial charge in [0.25, 0.3) is 5.56 Å². The molecule has 4 aromatic rings. The molecule has 0 spiro atoms. The number of rotatable bonds is 4. The molecular weight excluding hydrogens is 418 g/mol. The molecule has 0 unspecified atom stereocenters. The summed E-state index contributed by atoms with van der Waals surface area (Å²) in [5, 5.41) is 1.96. The van der Waals surface area contributed by atoms with Crippen LogP contribution in [-0.2, 0) is 19.5 Å². The molecule has 5 rings (SSSR count). The lowest BCUT2D eigenvalue weighted by Crippen LogP contribution is -2.35. The highest BCUT2D eigenvalue weighted by Gasteiger charge is 2.22. The number of nitrogens with zero attached hydrogens (tertiary/aromatic N) is 3. The molecule has 1 N–H and O–H groups in total. The van der Waals surface area contributed by atoms with E-state index < -0.39 is 11.6 Å². The SMILES string of the molecule is O=c1[nH]c(-c2cccs2)nc2c1CN(Cc1ccc(-c3cc(F)ccc3F)nc1)CC2. The quantitative estimate of drug-likeness (QED) is 0.515. The van der Waals surface area contributed by atoms with Crippen LogP contribution in [0, 0.1) is 11.6 Å². The Morgan fingerprint density at radius 3 is 2.84 bits per heavy atom. The van der Waals surface area contributed by atoms with Crippen LogP contribution in [0.15, 0.2) is 58.8 Å². The Labute approximate surface area is 181 Å². The Balaban J connectivity index is 1.32. The number of nitrogens with one attached hydrogen (secondary N) is 1. The Morgan fingerprint density at radius 2 is 2.06 bits per heavy atom. The van der Waals surface area contributed by atoms with Gasteiger partial charge in [-0.05, 0) is 41.3 Å². The maximum Gasteiger partial charge on any atom is 0.255 e. The molecule has 0 fully saturated rings. The molecule has 1 aromatic carbocycles. The highest BCUT2D eigenvalue weighted by Crippen LogP contribution is 2.24. The third kappa shape index (κ3) is 4.04. The van der Waals surface area contributed by atoms with Gasteiger partial charge in [0.2, 0.25) is 0 Å². The van der Waals surface area contributed by atoms with Gasteiger partial charge in [0.15, 0.2) is 5.82 Å². The second-order valence-electron chi connectivity index (χ2n) is 7.45. The van der Waals surface area contributed by atoms with Crippen molar-refractivity contribution in [3.63, 3.8) is 0 Å². The van der Waals surface area contributed by atoms with Crippen LogP contribution in [0.2, 0.25) is 0 Å². The largest absolute Gasteiger partial charge is 0.306 e. The number of thiophene rings is 1. The zero-order valence-corrected chi connectivity index (χ0v) is 17.3. The van der Waals surface area contributed by atoms with E-state index in [4.69, 9.17) is 0 Å². The molecule has 1 aliphatic rings. The van der Waals surface area contributed by atoms with Crippen molar-refractivity contribution in [2.75, 3.05) is 6.54 Å². The van der Waals surface area contributed by atoms with Crippen LogP contribution >= 0.6 is 11.3 Å². The zero-order valence-electron chi connectivity index (χ0n) is 16.4. The third-order valence-electron chi connectivity index (χ3n) is 5.34. The lowest BCUT2D eigenvalue weighted by atomic mass is 10.1. The summed E-state index contributed by atoms with van der Waals surface area (Å²) in [5.41, 5.74) is 2.89. The van der Waals surface area contributed by atoms with E-state index >= 15 is 0 Å². The maximum atomic E-state index is 14.0. The number of halogens is 2. The summed E-state index contributed by atoms with van der Waals surface area (Å²) in [6.45, 7) is 1.88. The van der Waals surface area contributed by atoms with Gasteiger partial charge in [0.1, 0.15) is 11.6 Å². The van der Waals surface area contributed by atoms with Gasteiger partial charge in [-0.1, -0.05) is 12.1 Å². The summed E-state index contributed by atoms with van der Waals surface area (Å²) < 4.78 is 27.4. The first-order valence-electron chi connectivity index (χ1n) is 9.85. The highest BCUT2D eigenvalue weighted by atomic mass is 32.1. The predicted octanol–water partition coefficient (Wildman–Crippen LogP) is 4.40. The minimum Gasteiger partial charge on any atom is -0.306 e. The van der Waals surface area contributed by atoms with Gasteiger partial charge < -0.3 is 4.98 Å². The molecular formula is C23H18F2N4OS. The van der Waals surface area contributed by atoms with Gasteiger partial charge in [-0.25, -0.2) is 13.8 Å². The standard InChI is InChI=1S/C23H18F2N4OS/c24-15-4-5-18(25)16(10-15)19-6-3-14(11-26-19)12-29-8-7-20-17(13-29)23(30)28-22(27-20)21-2-1-9-31-21/h1-6,9-11H,7-8,12-13H2,(H,27,28,30). The Morgan fingerprint density at radius 1 is 1.16 bits per heavy atom. The average Bonchev–Trinajstić information content (AvgIpc) is 3.31. The van der Waals surface area contributed by atoms with Crippen molar-refractivity contribution in [3.05, 3.63) is 92.9 Å². The summed E-state index contributed by atoms with van der Waals surface area (Å²) in [5.74, 6) is -0.394. The van der Waals surface area contributed by atoms with Crippen LogP contribution in [0.25, 0.3) is 22.0 Å².